The highest BCUT2D eigenvalue weighted by molar-refractivity contribution is 5.71. The molecule has 0 bridgehead atoms. The molecule has 1 atom stereocenters. The lowest BCUT2D eigenvalue weighted by atomic mass is 10.0. The molecule has 0 spiro atoms. The molecule has 6 nitrogen and oxygen atoms in total. The maximum absolute atomic E-state index is 12.8. The number of ether oxygens (including phenoxy) is 3. The minimum absolute atomic E-state index is 0.0687. The van der Waals surface area contributed by atoms with Gasteiger partial charge in [-0.25, -0.2) is 0 Å². The Bertz CT molecular complexity index is 958. The summed E-state index contributed by atoms with van der Waals surface area (Å²) < 4.78 is 16.8. The van der Waals surface area contributed by atoms with Crippen LogP contribution in [-0.2, 0) is 28.6 Å². The molecule has 0 amide bonds. The van der Waals surface area contributed by atoms with Gasteiger partial charge in [-0.2, -0.15) is 0 Å². The molecule has 0 aliphatic carbocycles. The molecule has 0 aliphatic heterocycles. The van der Waals surface area contributed by atoms with Crippen LogP contribution in [0.15, 0.2) is 24.3 Å². The standard InChI is InChI=1S/C53H98O6/c1-4-7-10-13-16-19-22-25-28-31-34-37-40-43-46-52(55)58-49-50(48-57-51(54)45-42-39-36-33-30-27-24-21-18-15-12-9-6-3)59-53(56)47-44-41-38-35-32-29-26-23-20-17-14-11-8-5-2/h7,10,16,19,50H,4-6,8-9,11-15,17-18,20-49H2,1-3H3/b10-7-,19-16-. The highest BCUT2D eigenvalue weighted by Crippen LogP contribution is 2.16. The van der Waals surface area contributed by atoms with E-state index in [1.165, 1.54) is 161 Å². The summed E-state index contributed by atoms with van der Waals surface area (Å²) in [5.74, 6) is -0.863. The Balaban J connectivity index is 4.34. The maximum atomic E-state index is 12.8. The van der Waals surface area contributed by atoms with Crippen molar-refractivity contribution < 1.29 is 28.6 Å². The Morgan fingerprint density at radius 2 is 0.661 bits per heavy atom. The second kappa shape index (κ2) is 48.6. The Morgan fingerprint density at radius 3 is 1.02 bits per heavy atom. The zero-order valence-electron chi connectivity index (χ0n) is 39.5. The molecule has 0 N–H and O–H groups in total. The van der Waals surface area contributed by atoms with Gasteiger partial charge < -0.3 is 14.2 Å². The number of rotatable bonds is 47. The first-order chi connectivity index (χ1) is 29.0. The van der Waals surface area contributed by atoms with Crippen LogP contribution < -0.4 is 0 Å². The van der Waals surface area contributed by atoms with Crippen molar-refractivity contribution in [2.24, 2.45) is 0 Å². The molecule has 1 unspecified atom stereocenters. The number of carbonyl (C=O) groups excluding carboxylic acids is 3. The molecule has 0 aromatic heterocycles. The molecule has 0 saturated carbocycles. The van der Waals surface area contributed by atoms with Gasteiger partial charge in [0.1, 0.15) is 13.2 Å². The lowest BCUT2D eigenvalue weighted by Crippen LogP contribution is -2.30. The quantitative estimate of drug-likeness (QED) is 0.0263. The highest BCUT2D eigenvalue weighted by Gasteiger charge is 2.19. The van der Waals surface area contributed by atoms with Gasteiger partial charge in [-0.1, -0.05) is 238 Å². The van der Waals surface area contributed by atoms with E-state index >= 15 is 0 Å². The van der Waals surface area contributed by atoms with E-state index in [0.717, 1.165) is 77.0 Å². The summed E-state index contributed by atoms with van der Waals surface area (Å²) in [4.78, 5) is 37.9. The normalized spacial score (nSPS) is 12.1. The Morgan fingerprint density at radius 1 is 0.356 bits per heavy atom. The minimum atomic E-state index is -0.767. The van der Waals surface area contributed by atoms with Crippen molar-refractivity contribution in [3.8, 4) is 0 Å². The molecule has 0 aliphatic rings. The predicted octanol–water partition coefficient (Wildman–Crippen LogP) is 16.8. The van der Waals surface area contributed by atoms with E-state index in [1.807, 2.05) is 0 Å². The van der Waals surface area contributed by atoms with E-state index in [-0.39, 0.29) is 31.1 Å². The number of hydrogen-bond acceptors (Lipinski definition) is 6. The average Bonchev–Trinajstić information content (AvgIpc) is 3.23. The van der Waals surface area contributed by atoms with Gasteiger partial charge in [0.05, 0.1) is 0 Å². The largest absolute Gasteiger partial charge is 0.462 e. The molecular weight excluding hydrogens is 733 g/mol. The van der Waals surface area contributed by atoms with Crippen molar-refractivity contribution in [2.45, 2.75) is 284 Å². The summed E-state index contributed by atoms with van der Waals surface area (Å²) in [7, 11) is 0. The van der Waals surface area contributed by atoms with Crippen molar-refractivity contribution >= 4 is 17.9 Å². The lowest BCUT2D eigenvalue weighted by Gasteiger charge is -2.18. The molecule has 0 aromatic carbocycles. The van der Waals surface area contributed by atoms with Crippen LogP contribution in [0.2, 0.25) is 0 Å². The van der Waals surface area contributed by atoms with Crippen LogP contribution >= 0.6 is 0 Å². The number of esters is 3. The number of hydrogen-bond donors (Lipinski definition) is 0. The lowest BCUT2D eigenvalue weighted by molar-refractivity contribution is -0.167. The number of carbonyl (C=O) groups is 3. The Labute approximate surface area is 366 Å². The molecule has 59 heavy (non-hydrogen) atoms. The van der Waals surface area contributed by atoms with Gasteiger partial charge in [0.2, 0.25) is 0 Å². The van der Waals surface area contributed by atoms with E-state index < -0.39 is 6.10 Å². The average molecular weight is 831 g/mol. The van der Waals surface area contributed by atoms with Crippen molar-refractivity contribution in [1.82, 2.24) is 0 Å². The van der Waals surface area contributed by atoms with Crippen LogP contribution in [0.3, 0.4) is 0 Å². The first-order valence-corrected chi connectivity index (χ1v) is 25.8. The minimum Gasteiger partial charge on any atom is -0.462 e. The van der Waals surface area contributed by atoms with Gasteiger partial charge in [-0.3, -0.25) is 14.4 Å². The molecular formula is C53H98O6. The summed E-state index contributed by atoms with van der Waals surface area (Å²) in [6.45, 7) is 6.55. The molecule has 0 aromatic rings. The van der Waals surface area contributed by atoms with Crippen molar-refractivity contribution in [1.29, 1.82) is 0 Å². The van der Waals surface area contributed by atoms with E-state index in [0.29, 0.717) is 19.3 Å². The Kier molecular flexibility index (Phi) is 46.8. The smallest absolute Gasteiger partial charge is 0.306 e. The second-order valence-corrected chi connectivity index (χ2v) is 17.4. The van der Waals surface area contributed by atoms with Crippen LogP contribution in [0.1, 0.15) is 278 Å². The van der Waals surface area contributed by atoms with Gasteiger partial charge in [0.25, 0.3) is 0 Å². The molecule has 346 valence electrons. The van der Waals surface area contributed by atoms with Crippen LogP contribution in [-0.4, -0.2) is 37.2 Å². The van der Waals surface area contributed by atoms with Gasteiger partial charge in [-0.05, 0) is 44.9 Å². The molecule has 0 rings (SSSR count). The van der Waals surface area contributed by atoms with Crippen LogP contribution in [0.5, 0.6) is 0 Å². The van der Waals surface area contributed by atoms with Crippen LogP contribution in [0.25, 0.3) is 0 Å². The first kappa shape index (κ1) is 56.9. The van der Waals surface area contributed by atoms with Crippen molar-refractivity contribution in [3.63, 3.8) is 0 Å². The van der Waals surface area contributed by atoms with E-state index in [2.05, 4.69) is 45.1 Å². The fraction of sp³-hybridized carbons (Fsp3) is 0.868. The summed E-state index contributed by atoms with van der Waals surface area (Å²) in [6.07, 6.45) is 54.4. The van der Waals surface area contributed by atoms with E-state index in [1.54, 1.807) is 0 Å². The molecule has 0 fully saturated rings. The molecule has 0 saturated heterocycles. The second-order valence-electron chi connectivity index (χ2n) is 17.4. The predicted molar refractivity (Wildman–Crippen MR) is 252 cm³/mol. The number of allylic oxidation sites excluding steroid dienone is 4. The Hall–Kier alpha value is -2.11. The summed E-state index contributed by atoms with van der Waals surface area (Å²) in [6, 6.07) is 0. The van der Waals surface area contributed by atoms with Gasteiger partial charge in [-0.15, -0.1) is 0 Å². The third-order valence-electron chi connectivity index (χ3n) is 11.5. The SMILES string of the molecule is CC/C=C\C/C=C\CCCCCCCCCC(=O)OCC(COC(=O)CCCCCCCCCCCCCCC)OC(=O)CCCCCCCCCCCCCCCC. The zero-order chi connectivity index (χ0) is 43.0. The summed E-state index contributed by atoms with van der Waals surface area (Å²) >= 11 is 0. The third kappa shape index (κ3) is 46.8. The number of unbranched alkanes of at least 4 members (excludes halogenated alkanes) is 32. The first-order valence-electron chi connectivity index (χ1n) is 25.8. The summed E-state index contributed by atoms with van der Waals surface area (Å²) in [5.41, 5.74) is 0. The fourth-order valence-corrected chi connectivity index (χ4v) is 7.60. The fourth-order valence-electron chi connectivity index (χ4n) is 7.60. The van der Waals surface area contributed by atoms with Crippen LogP contribution in [0.4, 0.5) is 0 Å². The molecule has 0 radical (unpaired) electrons. The van der Waals surface area contributed by atoms with Gasteiger partial charge in [0.15, 0.2) is 6.10 Å². The highest BCUT2D eigenvalue weighted by atomic mass is 16.6. The molecule has 0 heterocycles. The van der Waals surface area contributed by atoms with Crippen molar-refractivity contribution in [2.75, 3.05) is 13.2 Å². The van der Waals surface area contributed by atoms with Crippen LogP contribution in [0, 0.1) is 0 Å². The van der Waals surface area contributed by atoms with E-state index in [9.17, 15) is 14.4 Å². The third-order valence-corrected chi connectivity index (χ3v) is 11.5. The zero-order valence-corrected chi connectivity index (χ0v) is 39.5. The van der Waals surface area contributed by atoms with E-state index in [4.69, 9.17) is 14.2 Å². The van der Waals surface area contributed by atoms with Gasteiger partial charge >= 0.3 is 17.9 Å². The topological polar surface area (TPSA) is 78.9 Å². The molecule has 6 heteroatoms. The van der Waals surface area contributed by atoms with Gasteiger partial charge in [0, 0.05) is 19.3 Å². The maximum Gasteiger partial charge on any atom is 0.306 e. The monoisotopic (exact) mass is 831 g/mol. The van der Waals surface area contributed by atoms with Crippen molar-refractivity contribution in [3.05, 3.63) is 24.3 Å². The summed E-state index contributed by atoms with van der Waals surface area (Å²) in [5, 5.41) is 0.